The Morgan fingerprint density at radius 2 is 1.95 bits per heavy atom. The highest BCUT2D eigenvalue weighted by Gasteiger charge is 2.07. The number of carbonyl (C=O) groups excluding carboxylic acids is 1. The first-order valence-corrected chi connectivity index (χ1v) is 6.58. The fourth-order valence-electron chi connectivity index (χ4n) is 1.44. The van der Waals surface area contributed by atoms with Gasteiger partial charge in [0, 0.05) is 5.56 Å². The molecular weight excluding hydrogens is 310 g/mol. The van der Waals surface area contributed by atoms with Crippen LogP contribution in [-0.2, 0) is 4.84 Å². The van der Waals surface area contributed by atoms with E-state index in [4.69, 9.17) is 15.4 Å². The van der Waals surface area contributed by atoms with Crippen LogP contribution in [0.1, 0.15) is 10.4 Å². The zero-order chi connectivity index (χ0) is 16.5. The van der Waals surface area contributed by atoms with Crippen LogP contribution in [0.2, 0.25) is 0 Å². The lowest BCUT2D eigenvalue weighted by atomic mass is 10.2. The van der Waals surface area contributed by atoms with E-state index in [0.29, 0.717) is 11.3 Å². The van der Waals surface area contributed by atoms with Crippen molar-refractivity contribution in [1.29, 1.82) is 0 Å². The van der Waals surface area contributed by atoms with E-state index in [9.17, 15) is 9.18 Å². The molecule has 3 N–H and O–H groups in total. The molecule has 6 nitrogen and oxygen atoms in total. The largest absolute Gasteiger partial charge is 0.454 e. The van der Waals surface area contributed by atoms with E-state index in [1.807, 2.05) is 0 Å². The van der Waals surface area contributed by atoms with Crippen molar-refractivity contribution < 1.29 is 24.1 Å². The van der Waals surface area contributed by atoms with E-state index in [1.165, 1.54) is 30.6 Å². The van der Waals surface area contributed by atoms with Crippen LogP contribution in [0.25, 0.3) is 0 Å². The standard InChI is InChI=1S/C13H11FNO2P.CH4NO2/c14-11-7-10(18)4-5-12(11)17-9-3-1-2-8(6-9)13(15)16;1-4-2-3/h1-7H,18H2,(H2,15,16);2H,1H3/q;+1. The first kappa shape index (κ1) is 17.5. The van der Waals surface area contributed by atoms with E-state index in [2.05, 4.69) is 14.1 Å². The van der Waals surface area contributed by atoms with Gasteiger partial charge in [0.25, 0.3) is 0 Å². The Bertz CT molecular complexity index is 667. The van der Waals surface area contributed by atoms with Gasteiger partial charge in [0.2, 0.25) is 11.2 Å². The lowest BCUT2D eigenvalue weighted by molar-refractivity contribution is -0.761. The van der Waals surface area contributed by atoms with Crippen LogP contribution >= 0.6 is 9.24 Å². The number of ether oxygens (including phenoxy) is 1. The van der Waals surface area contributed by atoms with Gasteiger partial charge in [-0.05, 0) is 35.6 Å². The number of hydrogen-bond donors (Lipinski definition) is 2. The molecule has 0 saturated heterocycles. The molecule has 1 amide bonds. The highest BCUT2D eigenvalue weighted by atomic mass is 31.0. The maximum absolute atomic E-state index is 13.6. The van der Waals surface area contributed by atoms with Crippen LogP contribution in [-0.4, -0.2) is 13.0 Å². The predicted octanol–water partition coefficient (Wildman–Crippen LogP) is 0.612. The summed E-state index contributed by atoms with van der Waals surface area (Å²) in [6.07, 6.45) is 0. The maximum atomic E-state index is 13.6. The van der Waals surface area contributed by atoms with Crippen molar-refractivity contribution in [1.82, 2.24) is 0 Å². The highest BCUT2D eigenvalue weighted by Crippen LogP contribution is 2.24. The number of nitrogens with two attached hydrogens (primary N) is 1. The fraction of sp³-hybridized carbons (Fsp3) is 0.0714. The Balaban J connectivity index is 0.000000541. The number of nitrogens with one attached hydrogen (secondary N) is 1. The third-order valence-electron chi connectivity index (χ3n) is 2.39. The number of halogens is 1. The van der Waals surface area contributed by atoms with Crippen LogP contribution < -0.4 is 21.1 Å². The van der Waals surface area contributed by atoms with Crippen LogP contribution in [0, 0.1) is 10.7 Å². The molecule has 116 valence electrons. The van der Waals surface area contributed by atoms with E-state index < -0.39 is 11.7 Å². The number of primary amides is 1. The van der Waals surface area contributed by atoms with Gasteiger partial charge in [0.1, 0.15) is 5.75 Å². The summed E-state index contributed by atoms with van der Waals surface area (Å²) >= 11 is 0. The fourth-order valence-corrected chi connectivity index (χ4v) is 1.68. The number of carbonyl (C=O) groups is 1. The Hall–Kier alpha value is -2.53. The summed E-state index contributed by atoms with van der Waals surface area (Å²) < 4.78 is 18.9. The van der Waals surface area contributed by atoms with E-state index in [1.54, 1.807) is 24.3 Å². The maximum Gasteiger partial charge on any atom is 0.248 e. The van der Waals surface area contributed by atoms with Crippen molar-refractivity contribution in [2.24, 2.45) is 5.73 Å². The topological polar surface area (TPSA) is 92.6 Å². The van der Waals surface area contributed by atoms with Gasteiger partial charge in [-0.2, -0.15) is 0 Å². The van der Waals surface area contributed by atoms with Crippen molar-refractivity contribution >= 4 is 20.5 Å². The monoisotopic (exact) mass is 325 g/mol. The highest BCUT2D eigenvalue weighted by molar-refractivity contribution is 7.27. The molecule has 1 unspecified atom stereocenters. The molecule has 0 aliphatic heterocycles. The summed E-state index contributed by atoms with van der Waals surface area (Å²) in [5.74, 6) is -0.558. The zero-order valence-electron chi connectivity index (χ0n) is 11.7. The summed E-state index contributed by atoms with van der Waals surface area (Å²) in [5, 5.41) is 1.91. The third kappa shape index (κ3) is 5.46. The van der Waals surface area contributed by atoms with E-state index >= 15 is 0 Å². The second kappa shape index (κ2) is 8.69. The van der Waals surface area contributed by atoms with Crippen molar-refractivity contribution in [3.8, 4) is 11.5 Å². The van der Waals surface area contributed by atoms with Gasteiger partial charge >= 0.3 is 0 Å². The first-order valence-electron chi connectivity index (χ1n) is 6.00. The van der Waals surface area contributed by atoms with Gasteiger partial charge in [0.15, 0.2) is 18.7 Å². The second-order valence-electron chi connectivity index (χ2n) is 3.97. The summed E-state index contributed by atoms with van der Waals surface area (Å²) in [6.45, 7) is 0. The Labute approximate surface area is 128 Å². The molecule has 1 atom stereocenters. The molecule has 2 aromatic rings. The molecule has 8 heteroatoms. The zero-order valence-corrected chi connectivity index (χ0v) is 12.9. The molecule has 22 heavy (non-hydrogen) atoms. The molecular formula is C14H15FN2O4P+. The van der Waals surface area contributed by atoms with Crippen molar-refractivity contribution in [3.63, 3.8) is 0 Å². The van der Waals surface area contributed by atoms with Crippen molar-refractivity contribution in [2.45, 2.75) is 0 Å². The van der Waals surface area contributed by atoms with Crippen LogP contribution in [0.15, 0.2) is 42.5 Å². The van der Waals surface area contributed by atoms with Crippen LogP contribution in [0.4, 0.5) is 4.39 Å². The molecule has 0 aliphatic rings. The van der Waals surface area contributed by atoms with Gasteiger partial charge in [0.05, 0.1) is 4.91 Å². The third-order valence-corrected chi connectivity index (χ3v) is 2.74. The molecule has 0 heterocycles. The lowest BCUT2D eigenvalue weighted by Gasteiger charge is -2.07. The smallest absolute Gasteiger partial charge is 0.248 e. The quantitative estimate of drug-likeness (QED) is 0.636. The molecule has 0 bridgehead atoms. The second-order valence-corrected chi connectivity index (χ2v) is 4.64. The number of rotatable bonds is 4. The van der Waals surface area contributed by atoms with Gasteiger partial charge in [-0.15, -0.1) is 9.24 Å². The molecule has 0 aliphatic carbocycles. The Kier molecular flexibility index (Phi) is 6.92. The van der Waals surface area contributed by atoms with Gasteiger partial charge < -0.3 is 10.5 Å². The molecule has 2 rings (SSSR count). The molecule has 0 radical (unpaired) electrons. The summed E-state index contributed by atoms with van der Waals surface area (Å²) in [7, 11) is 3.66. The Morgan fingerprint density at radius 1 is 1.27 bits per heavy atom. The minimum absolute atomic E-state index is 0.0998. The van der Waals surface area contributed by atoms with Gasteiger partial charge in [-0.25, -0.2) is 9.23 Å². The van der Waals surface area contributed by atoms with Crippen molar-refractivity contribution in [2.75, 3.05) is 7.11 Å². The predicted molar refractivity (Wildman–Crippen MR) is 82.1 cm³/mol. The van der Waals surface area contributed by atoms with Crippen molar-refractivity contribution in [3.05, 3.63) is 58.8 Å². The minimum atomic E-state index is -0.554. The molecule has 0 saturated carbocycles. The number of hydrogen-bond acceptors (Lipinski definition) is 4. The van der Waals surface area contributed by atoms with E-state index in [0.717, 1.165) is 5.30 Å². The molecule has 2 aromatic carbocycles. The first-order chi connectivity index (χ1) is 10.5. The summed E-state index contributed by atoms with van der Waals surface area (Å²) in [5.41, 5.74) is 5.47. The normalized spacial score (nSPS) is 9.23. The molecule has 0 spiro atoms. The average molecular weight is 325 g/mol. The molecule has 0 fully saturated rings. The number of amides is 1. The van der Waals surface area contributed by atoms with Gasteiger partial charge in [-0.1, -0.05) is 12.1 Å². The molecule has 0 aromatic heterocycles. The average Bonchev–Trinajstić information content (AvgIpc) is 2.50. The summed E-state index contributed by atoms with van der Waals surface area (Å²) in [4.78, 5) is 23.6. The SMILES string of the molecule is CO[NH+]=O.NC(=O)c1cccc(Oc2ccc(P)cc2F)c1. The number of benzene rings is 2. The summed E-state index contributed by atoms with van der Waals surface area (Å²) in [6, 6.07) is 10.9. The van der Waals surface area contributed by atoms with Gasteiger partial charge in [-0.3, -0.25) is 4.79 Å². The Morgan fingerprint density at radius 3 is 2.50 bits per heavy atom. The van der Waals surface area contributed by atoms with E-state index in [-0.39, 0.29) is 5.75 Å². The lowest BCUT2D eigenvalue weighted by Crippen LogP contribution is -2.61. The van der Waals surface area contributed by atoms with Crippen LogP contribution in [0.5, 0.6) is 11.5 Å². The minimum Gasteiger partial charge on any atom is -0.454 e. The van der Waals surface area contributed by atoms with Crippen LogP contribution in [0.3, 0.4) is 0 Å².